The van der Waals surface area contributed by atoms with Crippen molar-refractivity contribution < 1.29 is 9.53 Å². The van der Waals surface area contributed by atoms with Gasteiger partial charge in [0.05, 0.1) is 29.5 Å². The van der Waals surface area contributed by atoms with Gasteiger partial charge in [0.2, 0.25) is 0 Å². The van der Waals surface area contributed by atoms with Gasteiger partial charge in [-0.3, -0.25) is 9.78 Å². The van der Waals surface area contributed by atoms with E-state index in [2.05, 4.69) is 9.97 Å². The van der Waals surface area contributed by atoms with Crippen LogP contribution in [0.5, 0.6) is 0 Å². The van der Waals surface area contributed by atoms with Gasteiger partial charge in [-0.2, -0.15) is 0 Å². The number of para-hydroxylation sites is 2. The molecule has 0 aliphatic heterocycles. The number of carbonyl (C=O) groups excluding carboxylic acids is 1. The summed E-state index contributed by atoms with van der Waals surface area (Å²) in [7, 11) is 1.74. The van der Waals surface area contributed by atoms with E-state index >= 15 is 0 Å². The normalized spacial score (nSPS) is 12.3. The Morgan fingerprint density at radius 2 is 2.05 bits per heavy atom. The van der Waals surface area contributed by atoms with E-state index in [-0.39, 0.29) is 5.91 Å². The van der Waals surface area contributed by atoms with Gasteiger partial charge in [-0.15, -0.1) is 0 Å². The minimum Gasteiger partial charge on any atom is -0.369 e. The van der Waals surface area contributed by atoms with E-state index in [9.17, 15) is 4.79 Å². The minimum atomic E-state index is -0.432. The first-order valence-electron chi connectivity index (χ1n) is 6.69. The Hall–Kier alpha value is -2.01. The van der Waals surface area contributed by atoms with Gasteiger partial charge in [0, 0.05) is 13.7 Å². The summed E-state index contributed by atoms with van der Waals surface area (Å²) in [6.07, 6.45) is 1.27. The van der Waals surface area contributed by atoms with Crippen LogP contribution in [0.1, 0.15) is 19.5 Å². The van der Waals surface area contributed by atoms with E-state index in [0.717, 1.165) is 16.7 Å². The average Bonchev–Trinajstić information content (AvgIpc) is 2.46. The molecule has 0 aliphatic carbocycles. The topological polar surface area (TPSA) is 55.3 Å². The van der Waals surface area contributed by atoms with E-state index in [1.807, 2.05) is 31.2 Å². The molecule has 0 radical (unpaired) electrons. The Balaban J connectivity index is 2.09. The maximum atomic E-state index is 12.1. The minimum absolute atomic E-state index is 0.0539. The molecule has 0 saturated heterocycles. The third-order valence-electron chi connectivity index (χ3n) is 3.04. The number of hydrogen-bond donors (Lipinski definition) is 0. The highest BCUT2D eigenvalue weighted by Crippen LogP contribution is 2.10. The van der Waals surface area contributed by atoms with Crippen molar-refractivity contribution in [2.24, 2.45) is 0 Å². The summed E-state index contributed by atoms with van der Waals surface area (Å²) in [5, 5.41) is 0. The Bertz CT molecular complexity index is 600. The molecule has 106 valence electrons. The SMILES string of the molecule is CCO[C@H](C)C(=O)N(C)Cc1cnc2ccccc2n1. The molecule has 20 heavy (non-hydrogen) atoms. The first-order valence-corrected chi connectivity index (χ1v) is 6.69. The molecule has 5 heteroatoms. The van der Waals surface area contributed by atoms with Gasteiger partial charge in [-0.1, -0.05) is 12.1 Å². The highest BCUT2D eigenvalue weighted by atomic mass is 16.5. The quantitative estimate of drug-likeness (QED) is 0.836. The van der Waals surface area contributed by atoms with Crippen molar-refractivity contribution in [1.82, 2.24) is 14.9 Å². The number of rotatable bonds is 5. The van der Waals surface area contributed by atoms with Crippen LogP contribution in [0.25, 0.3) is 11.0 Å². The number of fused-ring (bicyclic) bond motifs is 1. The zero-order chi connectivity index (χ0) is 14.5. The van der Waals surface area contributed by atoms with E-state index in [1.54, 1.807) is 25.1 Å². The molecule has 2 aromatic rings. The lowest BCUT2D eigenvalue weighted by Crippen LogP contribution is -2.36. The number of ether oxygens (including phenoxy) is 1. The fourth-order valence-electron chi connectivity index (χ4n) is 2.02. The third kappa shape index (κ3) is 3.30. The summed E-state index contributed by atoms with van der Waals surface area (Å²) in [5.41, 5.74) is 2.46. The second-order valence-corrected chi connectivity index (χ2v) is 4.64. The lowest BCUT2D eigenvalue weighted by Gasteiger charge is -2.20. The first-order chi connectivity index (χ1) is 9.61. The van der Waals surface area contributed by atoms with Crippen molar-refractivity contribution in [3.63, 3.8) is 0 Å². The molecular formula is C15H19N3O2. The predicted octanol–water partition coefficient (Wildman–Crippen LogP) is 2.01. The van der Waals surface area contributed by atoms with Crippen molar-refractivity contribution in [1.29, 1.82) is 0 Å². The van der Waals surface area contributed by atoms with Crippen molar-refractivity contribution in [2.45, 2.75) is 26.5 Å². The number of amides is 1. The fraction of sp³-hybridized carbons (Fsp3) is 0.400. The lowest BCUT2D eigenvalue weighted by molar-refractivity contribution is -0.141. The highest BCUT2D eigenvalue weighted by molar-refractivity contribution is 5.80. The third-order valence-corrected chi connectivity index (χ3v) is 3.04. The number of benzene rings is 1. The molecule has 0 unspecified atom stereocenters. The summed E-state index contributed by atoms with van der Waals surface area (Å²) >= 11 is 0. The van der Waals surface area contributed by atoms with Crippen LogP contribution in [0, 0.1) is 0 Å². The number of hydrogen-bond acceptors (Lipinski definition) is 4. The van der Waals surface area contributed by atoms with E-state index in [0.29, 0.717) is 13.2 Å². The van der Waals surface area contributed by atoms with Crippen molar-refractivity contribution in [3.05, 3.63) is 36.2 Å². The molecular weight excluding hydrogens is 254 g/mol. The first kappa shape index (κ1) is 14.4. The van der Waals surface area contributed by atoms with Gasteiger partial charge >= 0.3 is 0 Å². The zero-order valence-corrected chi connectivity index (χ0v) is 12.0. The van der Waals surface area contributed by atoms with Crippen molar-refractivity contribution in [2.75, 3.05) is 13.7 Å². The molecule has 2 rings (SSSR count). The van der Waals surface area contributed by atoms with Crippen LogP contribution in [-0.2, 0) is 16.1 Å². The van der Waals surface area contributed by atoms with E-state index < -0.39 is 6.10 Å². The molecule has 0 bridgehead atoms. The van der Waals surface area contributed by atoms with Crippen LogP contribution in [0.3, 0.4) is 0 Å². The largest absolute Gasteiger partial charge is 0.369 e. The van der Waals surface area contributed by atoms with Gasteiger partial charge in [-0.25, -0.2) is 4.98 Å². The van der Waals surface area contributed by atoms with Crippen molar-refractivity contribution >= 4 is 16.9 Å². The number of carbonyl (C=O) groups is 1. The molecule has 1 aromatic carbocycles. The second-order valence-electron chi connectivity index (χ2n) is 4.64. The monoisotopic (exact) mass is 273 g/mol. The molecule has 1 atom stereocenters. The Labute approximate surface area is 118 Å². The zero-order valence-electron chi connectivity index (χ0n) is 12.0. The van der Waals surface area contributed by atoms with Gasteiger partial charge in [0.15, 0.2) is 0 Å². The van der Waals surface area contributed by atoms with Gasteiger partial charge in [0.1, 0.15) is 6.10 Å². The molecule has 0 aliphatic rings. The Morgan fingerprint density at radius 3 is 2.75 bits per heavy atom. The molecule has 0 N–H and O–H groups in total. The van der Waals surface area contributed by atoms with Crippen LogP contribution in [0.15, 0.2) is 30.5 Å². The van der Waals surface area contributed by atoms with Gasteiger partial charge < -0.3 is 9.64 Å². The summed E-state index contributed by atoms with van der Waals surface area (Å²) in [4.78, 5) is 22.5. The summed E-state index contributed by atoms with van der Waals surface area (Å²) in [5.74, 6) is -0.0539. The molecule has 1 heterocycles. The smallest absolute Gasteiger partial charge is 0.251 e. The lowest BCUT2D eigenvalue weighted by atomic mass is 10.3. The number of nitrogens with zero attached hydrogens (tertiary/aromatic N) is 3. The van der Waals surface area contributed by atoms with Crippen LogP contribution < -0.4 is 0 Å². The summed E-state index contributed by atoms with van der Waals surface area (Å²) < 4.78 is 5.31. The number of likely N-dealkylation sites (N-methyl/N-ethyl adjacent to an activating group) is 1. The number of aromatic nitrogens is 2. The maximum absolute atomic E-state index is 12.1. The predicted molar refractivity (Wildman–Crippen MR) is 77.1 cm³/mol. The van der Waals surface area contributed by atoms with E-state index in [4.69, 9.17) is 4.74 Å². The average molecular weight is 273 g/mol. The molecule has 0 fully saturated rings. The second kappa shape index (κ2) is 6.43. The van der Waals surface area contributed by atoms with Crippen LogP contribution in [-0.4, -0.2) is 40.5 Å². The molecule has 1 amide bonds. The summed E-state index contributed by atoms with van der Waals surface area (Å²) in [6.45, 7) is 4.58. The highest BCUT2D eigenvalue weighted by Gasteiger charge is 2.18. The van der Waals surface area contributed by atoms with E-state index in [1.165, 1.54) is 0 Å². The maximum Gasteiger partial charge on any atom is 0.251 e. The molecule has 1 aromatic heterocycles. The summed E-state index contributed by atoms with van der Waals surface area (Å²) in [6, 6.07) is 7.68. The van der Waals surface area contributed by atoms with Crippen LogP contribution >= 0.6 is 0 Å². The van der Waals surface area contributed by atoms with Crippen molar-refractivity contribution in [3.8, 4) is 0 Å². The van der Waals surface area contributed by atoms with Gasteiger partial charge in [0.25, 0.3) is 5.91 Å². The van der Waals surface area contributed by atoms with Gasteiger partial charge in [-0.05, 0) is 26.0 Å². The van der Waals surface area contributed by atoms with Crippen LogP contribution in [0.4, 0.5) is 0 Å². The van der Waals surface area contributed by atoms with Crippen LogP contribution in [0.2, 0.25) is 0 Å². The fourth-order valence-corrected chi connectivity index (χ4v) is 2.02. The molecule has 0 spiro atoms. The standard InChI is InChI=1S/C15H19N3O2/c1-4-20-11(2)15(19)18(3)10-12-9-16-13-7-5-6-8-14(13)17-12/h5-9,11H,4,10H2,1-3H3/t11-/m1/s1. The Kier molecular flexibility index (Phi) is 4.63. The Morgan fingerprint density at radius 1 is 1.35 bits per heavy atom. The molecule has 0 saturated carbocycles. The molecule has 5 nitrogen and oxygen atoms in total.